The molecule has 15 heavy (non-hydrogen) atoms. The van der Waals surface area contributed by atoms with E-state index in [1.165, 1.54) is 0 Å². The van der Waals surface area contributed by atoms with Crippen molar-refractivity contribution in [2.24, 2.45) is 5.73 Å². The third-order valence-corrected chi connectivity index (χ3v) is 2.08. The molecule has 2 heterocycles. The summed E-state index contributed by atoms with van der Waals surface area (Å²) in [6.45, 7) is 1.59. The molecule has 0 bridgehead atoms. The molecule has 0 saturated carbocycles. The number of carbonyl (C=O) groups excluding carboxylic acids is 1. The van der Waals surface area contributed by atoms with Crippen molar-refractivity contribution in [1.29, 1.82) is 0 Å². The monoisotopic (exact) mass is 208 g/mol. The van der Waals surface area contributed by atoms with Crippen LogP contribution in [0.4, 0.5) is 11.5 Å². The first-order valence-electron chi connectivity index (χ1n) is 4.29. The Balaban J connectivity index is 2.48. The van der Waals surface area contributed by atoms with E-state index in [1.807, 2.05) is 4.90 Å². The Bertz CT molecular complexity index is 442. The average Bonchev–Trinajstić information content (AvgIpc) is 2.99. The fraction of sp³-hybridized carbons (Fsp3) is 0.250. The zero-order valence-corrected chi connectivity index (χ0v) is 7.71. The highest BCUT2D eigenvalue weighted by atomic mass is 16.6. The number of nitro groups is 1. The van der Waals surface area contributed by atoms with Gasteiger partial charge in [-0.2, -0.15) is 0 Å². The van der Waals surface area contributed by atoms with E-state index in [1.54, 1.807) is 0 Å². The molecule has 1 aliphatic rings. The summed E-state index contributed by atoms with van der Waals surface area (Å²) in [5.74, 6) is -0.277. The second-order valence-electron chi connectivity index (χ2n) is 3.17. The highest BCUT2D eigenvalue weighted by Crippen LogP contribution is 2.25. The number of aromatic nitrogens is 1. The number of nitrogens with zero attached hydrogens (tertiary/aromatic N) is 3. The molecule has 1 aliphatic heterocycles. The van der Waals surface area contributed by atoms with Crippen molar-refractivity contribution < 1.29 is 9.72 Å². The van der Waals surface area contributed by atoms with Gasteiger partial charge in [-0.3, -0.25) is 14.9 Å². The van der Waals surface area contributed by atoms with E-state index < -0.39 is 10.8 Å². The van der Waals surface area contributed by atoms with Gasteiger partial charge in [-0.15, -0.1) is 0 Å². The maximum atomic E-state index is 11.1. The van der Waals surface area contributed by atoms with Crippen molar-refractivity contribution in [3.05, 3.63) is 27.9 Å². The van der Waals surface area contributed by atoms with Crippen LogP contribution in [0.25, 0.3) is 0 Å². The number of amides is 1. The second-order valence-corrected chi connectivity index (χ2v) is 3.17. The first kappa shape index (κ1) is 9.38. The van der Waals surface area contributed by atoms with Crippen LogP contribution in [0, 0.1) is 10.1 Å². The van der Waals surface area contributed by atoms with Crippen LogP contribution in [0.5, 0.6) is 0 Å². The fourth-order valence-corrected chi connectivity index (χ4v) is 1.24. The minimum absolute atomic E-state index is 0.0988. The van der Waals surface area contributed by atoms with Gasteiger partial charge in [-0.25, -0.2) is 4.98 Å². The summed E-state index contributed by atoms with van der Waals surface area (Å²) in [5.41, 5.74) is 4.99. The van der Waals surface area contributed by atoms with Gasteiger partial charge in [0.15, 0.2) is 0 Å². The molecular formula is C8H8N4O3. The SMILES string of the molecule is NC(=O)c1cc([N+](=O)[O-])cnc1N1CC1. The van der Waals surface area contributed by atoms with E-state index in [0.717, 1.165) is 25.4 Å². The van der Waals surface area contributed by atoms with E-state index >= 15 is 0 Å². The predicted molar refractivity (Wildman–Crippen MR) is 51.6 cm³/mol. The topological polar surface area (TPSA) is 102 Å². The van der Waals surface area contributed by atoms with Crippen LogP contribution >= 0.6 is 0 Å². The molecule has 0 radical (unpaired) electrons. The molecule has 0 unspecified atom stereocenters. The summed E-state index contributed by atoms with van der Waals surface area (Å²) < 4.78 is 0. The van der Waals surface area contributed by atoms with Crippen molar-refractivity contribution in [2.75, 3.05) is 18.0 Å². The van der Waals surface area contributed by atoms with Crippen LogP contribution in [-0.2, 0) is 0 Å². The van der Waals surface area contributed by atoms with E-state index in [2.05, 4.69) is 4.98 Å². The van der Waals surface area contributed by atoms with Gasteiger partial charge in [0.25, 0.3) is 11.6 Å². The minimum Gasteiger partial charge on any atom is -0.365 e. The molecule has 0 spiro atoms. The average molecular weight is 208 g/mol. The molecule has 2 rings (SSSR count). The Morgan fingerprint density at radius 1 is 1.60 bits per heavy atom. The molecule has 78 valence electrons. The van der Waals surface area contributed by atoms with Crippen LogP contribution < -0.4 is 10.6 Å². The van der Waals surface area contributed by atoms with Gasteiger partial charge < -0.3 is 10.6 Å². The number of nitrogens with two attached hydrogens (primary N) is 1. The number of pyridine rings is 1. The molecule has 0 atom stereocenters. The van der Waals surface area contributed by atoms with Crippen molar-refractivity contribution in [3.8, 4) is 0 Å². The molecule has 1 amide bonds. The summed E-state index contributed by atoms with van der Waals surface area (Å²) in [7, 11) is 0. The third-order valence-electron chi connectivity index (χ3n) is 2.08. The molecule has 1 aromatic heterocycles. The molecule has 1 aromatic rings. The zero-order valence-electron chi connectivity index (χ0n) is 7.71. The summed E-state index contributed by atoms with van der Waals surface area (Å²) >= 11 is 0. The Morgan fingerprint density at radius 2 is 2.27 bits per heavy atom. The lowest BCUT2D eigenvalue weighted by molar-refractivity contribution is -0.385. The van der Waals surface area contributed by atoms with E-state index in [-0.39, 0.29) is 11.3 Å². The first-order chi connectivity index (χ1) is 7.09. The van der Waals surface area contributed by atoms with E-state index in [0.29, 0.717) is 5.82 Å². The smallest absolute Gasteiger partial charge is 0.288 e. The van der Waals surface area contributed by atoms with Crippen molar-refractivity contribution in [2.45, 2.75) is 0 Å². The van der Waals surface area contributed by atoms with Crippen molar-refractivity contribution >= 4 is 17.4 Å². The Labute approximate surface area is 84.7 Å². The number of primary amides is 1. The molecule has 0 aliphatic carbocycles. The quantitative estimate of drug-likeness (QED) is 0.424. The highest BCUT2D eigenvalue weighted by molar-refractivity contribution is 5.98. The minimum atomic E-state index is -0.701. The lowest BCUT2D eigenvalue weighted by atomic mass is 10.2. The Kier molecular flexibility index (Phi) is 2.00. The van der Waals surface area contributed by atoms with Gasteiger partial charge in [-0.1, -0.05) is 0 Å². The summed E-state index contributed by atoms with van der Waals surface area (Å²) in [4.78, 5) is 26.6. The zero-order chi connectivity index (χ0) is 11.0. The van der Waals surface area contributed by atoms with Crippen LogP contribution in [-0.4, -0.2) is 28.9 Å². The Hall–Kier alpha value is -2.18. The lowest BCUT2D eigenvalue weighted by Gasteiger charge is -2.05. The van der Waals surface area contributed by atoms with Crippen LogP contribution in [0.2, 0.25) is 0 Å². The van der Waals surface area contributed by atoms with Gasteiger partial charge in [0.05, 0.1) is 10.5 Å². The molecular weight excluding hydrogens is 200 g/mol. The number of anilines is 1. The predicted octanol–water partition coefficient (Wildman–Crippen LogP) is -0.0913. The van der Waals surface area contributed by atoms with Crippen LogP contribution in [0.1, 0.15) is 10.4 Å². The largest absolute Gasteiger partial charge is 0.365 e. The fourth-order valence-electron chi connectivity index (χ4n) is 1.24. The van der Waals surface area contributed by atoms with Gasteiger partial charge in [0.1, 0.15) is 12.0 Å². The van der Waals surface area contributed by atoms with Crippen LogP contribution in [0.15, 0.2) is 12.3 Å². The molecule has 2 N–H and O–H groups in total. The standard InChI is InChI=1S/C8H8N4O3/c9-7(13)6-3-5(12(14)15)4-10-8(6)11-1-2-11/h3-4H,1-2H2,(H2,9,13). The van der Waals surface area contributed by atoms with Crippen LogP contribution in [0.3, 0.4) is 0 Å². The highest BCUT2D eigenvalue weighted by Gasteiger charge is 2.26. The van der Waals surface area contributed by atoms with Gasteiger partial charge >= 0.3 is 0 Å². The van der Waals surface area contributed by atoms with Gasteiger partial charge in [0.2, 0.25) is 0 Å². The molecule has 1 saturated heterocycles. The molecule has 7 nitrogen and oxygen atoms in total. The number of hydrogen-bond acceptors (Lipinski definition) is 5. The number of hydrogen-bond donors (Lipinski definition) is 1. The van der Waals surface area contributed by atoms with E-state index in [9.17, 15) is 14.9 Å². The maximum absolute atomic E-state index is 11.1. The van der Waals surface area contributed by atoms with Crippen molar-refractivity contribution in [3.63, 3.8) is 0 Å². The summed E-state index contributed by atoms with van der Waals surface area (Å²) in [6, 6.07) is 1.16. The summed E-state index contributed by atoms with van der Waals surface area (Å²) in [6.07, 6.45) is 1.13. The Morgan fingerprint density at radius 3 is 2.73 bits per heavy atom. The maximum Gasteiger partial charge on any atom is 0.288 e. The first-order valence-corrected chi connectivity index (χ1v) is 4.29. The third kappa shape index (κ3) is 1.71. The number of carbonyl (C=O) groups is 1. The molecule has 1 fully saturated rings. The van der Waals surface area contributed by atoms with E-state index in [4.69, 9.17) is 5.73 Å². The molecule has 0 aromatic carbocycles. The van der Waals surface area contributed by atoms with Crippen molar-refractivity contribution in [1.82, 2.24) is 4.98 Å². The van der Waals surface area contributed by atoms with Gasteiger partial charge in [0, 0.05) is 19.2 Å². The second kappa shape index (κ2) is 3.19. The summed E-state index contributed by atoms with van der Waals surface area (Å²) in [5, 5.41) is 10.5. The lowest BCUT2D eigenvalue weighted by Crippen LogP contribution is -2.15. The normalized spacial score (nSPS) is 13.7. The number of rotatable bonds is 3. The van der Waals surface area contributed by atoms with Gasteiger partial charge in [-0.05, 0) is 0 Å². The molecule has 7 heteroatoms.